The van der Waals surface area contributed by atoms with Gasteiger partial charge in [0.2, 0.25) is 5.91 Å². The van der Waals surface area contributed by atoms with Gasteiger partial charge in [-0.2, -0.15) is 0 Å². The van der Waals surface area contributed by atoms with Crippen molar-refractivity contribution in [3.63, 3.8) is 0 Å². The summed E-state index contributed by atoms with van der Waals surface area (Å²) in [6.07, 6.45) is 0. The molecule has 4 aromatic rings. The average molecular weight is 535 g/mol. The minimum absolute atomic E-state index is 0.0226. The van der Waals surface area contributed by atoms with E-state index in [0.29, 0.717) is 5.69 Å². The molecule has 0 radical (unpaired) electrons. The van der Waals surface area contributed by atoms with Gasteiger partial charge in [0.05, 0.1) is 10.6 Å². The molecule has 0 aliphatic rings. The Balaban J connectivity index is 1.53. The first-order chi connectivity index (χ1) is 17.7. The van der Waals surface area contributed by atoms with Crippen molar-refractivity contribution in [3.05, 3.63) is 120 Å². The number of thioether (sulfide) groups is 1. The molecule has 0 fully saturated rings. The fraction of sp³-hybridized carbons (Fsp3) is 0.138. The molecule has 0 unspecified atom stereocenters. The highest BCUT2D eigenvalue weighted by Crippen LogP contribution is 2.28. The number of carbonyl (C=O) groups is 1. The van der Waals surface area contributed by atoms with Crippen molar-refractivity contribution in [2.45, 2.75) is 29.4 Å². The summed E-state index contributed by atoms with van der Waals surface area (Å²) in [5, 5.41) is 2.79. The summed E-state index contributed by atoms with van der Waals surface area (Å²) in [6.45, 7) is 3.14. The van der Waals surface area contributed by atoms with Crippen molar-refractivity contribution in [1.82, 2.24) is 0 Å². The van der Waals surface area contributed by atoms with E-state index in [-0.39, 0.29) is 10.6 Å². The number of aryl methyl sites for hydroxylation is 2. The smallest absolute Gasteiger partial charge is 0.264 e. The molecule has 0 atom stereocenters. The molecule has 1 N–H and O–H groups in total. The first-order valence-electron chi connectivity index (χ1n) is 11.7. The fourth-order valence-corrected chi connectivity index (χ4v) is 6.04. The third kappa shape index (κ3) is 6.58. The number of sulfonamides is 1. The molecule has 0 heterocycles. The van der Waals surface area contributed by atoms with E-state index in [4.69, 9.17) is 0 Å². The van der Waals surface area contributed by atoms with Crippen LogP contribution >= 0.6 is 11.8 Å². The van der Waals surface area contributed by atoms with Gasteiger partial charge in [0.15, 0.2) is 0 Å². The summed E-state index contributed by atoms with van der Waals surface area (Å²) in [4.78, 5) is 14.2. The summed E-state index contributed by atoms with van der Waals surface area (Å²) in [6, 6.07) is 27.5. The number of hydrogen-bond donors (Lipinski definition) is 1. The van der Waals surface area contributed by atoms with Crippen molar-refractivity contribution in [1.29, 1.82) is 0 Å². The number of amides is 1. The lowest BCUT2D eigenvalue weighted by atomic mass is 10.1. The molecule has 8 heteroatoms. The SMILES string of the molecule is Cc1ccc(S(=O)(=O)N(CC(=O)Nc2ccc(CSc3ccccc3)cc2C)c2ccccc2F)cc1. The third-order valence-corrected chi connectivity index (χ3v) is 8.59. The molecule has 1 amide bonds. The Morgan fingerprint density at radius 3 is 2.24 bits per heavy atom. The number of hydrogen-bond acceptors (Lipinski definition) is 4. The van der Waals surface area contributed by atoms with Crippen LogP contribution in [0.25, 0.3) is 0 Å². The van der Waals surface area contributed by atoms with Crippen LogP contribution in [0.5, 0.6) is 0 Å². The van der Waals surface area contributed by atoms with E-state index in [1.165, 1.54) is 41.3 Å². The maximum Gasteiger partial charge on any atom is 0.264 e. The molecule has 37 heavy (non-hydrogen) atoms. The van der Waals surface area contributed by atoms with Crippen LogP contribution in [0.15, 0.2) is 107 Å². The first-order valence-corrected chi connectivity index (χ1v) is 14.1. The minimum atomic E-state index is -4.20. The van der Waals surface area contributed by atoms with Crippen LogP contribution in [0, 0.1) is 19.7 Å². The number of rotatable bonds is 9. The van der Waals surface area contributed by atoms with Crippen molar-refractivity contribution in [2.24, 2.45) is 0 Å². The maximum atomic E-state index is 14.7. The highest BCUT2D eigenvalue weighted by Gasteiger charge is 2.29. The van der Waals surface area contributed by atoms with E-state index in [9.17, 15) is 17.6 Å². The van der Waals surface area contributed by atoms with Crippen LogP contribution in [0.2, 0.25) is 0 Å². The molecule has 0 saturated heterocycles. The number of para-hydroxylation sites is 1. The highest BCUT2D eigenvalue weighted by molar-refractivity contribution is 7.98. The monoisotopic (exact) mass is 534 g/mol. The van der Waals surface area contributed by atoms with E-state index in [2.05, 4.69) is 17.4 Å². The Hall–Kier alpha value is -3.62. The Kier molecular flexibility index (Phi) is 8.31. The van der Waals surface area contributed by atoms with Gasteiger partial charge in [-0.25, -0.2) is 12.8 Å². The van der Waals surface area contributed by atoms with Crippen molar-refractivity contribution in [2.75, 3.05) is 16.2 Å². The molecule has 0 saturated carbocycles. The number of carbonyl (C=O) groups excluding carboxylic acids is 1. The normalized spacial score (nSPS) is 11.2. The van der Waals surface area contributed by atoms with Gasteiger partial charge in [0, 0.05) is 16.3 Å². The second kappa shape index (κ2) is 11.6. The second-order valence-electron chi connectivity index (χ2n) is 8.58. The molecule has 0 bridgehead atoms. The van der Waals surface area contributed by atoms with Gasteiger partial charge in [-0.05, 0) is 67.4 Å². The largest absolute Gasteiger partial charge is 0.324 e. The maximum absolute atomic E-state index is 14.7. The van der Waals surface area contributed by atoms with Gasteiger partial charge in [0.25, 0.3) is 10.0 Å². The summed E-state index contributed by atoms with van der Waals surface area (Å²) in [5.74, 6) is -0.537. The van der Waals surface area contributed by atoms with Gasteiger partial charge in [-0.3, -0.25) is 9.10 Å². The lowest BCUT2D eigenvalue weighted by Gasteiger charge is -2.24. The predicted octanol–water partition coefficient (Wildman–Crippen LogP) is 6.57. The minimum Gasteiger partial charge on any atom is -0.324 e. The van der Waals surface area contributed by atoms with E-state index in [1.807, 2.05) is 44.2 Å². The summed E-state index contributed by atoms with van der Waals surface area (Å²) in [7, 11) is -4.20. The van der Waals surface area contributed by atoms with E-state index >= 15 is 0 Å². The topological polar surface area (TPSA) is 66.5 Å². The lowest BCUT2D eigenvalue weighted by molar-refractivity contribution is -0.114. The lowest BCUT2D eigenvalue weighted by Crippen LogP contribution is -2.38. The zero-order valence-corrected chi connectivity index (χ0v) is 22.2. The van der Waals surface area contributed by atoms with Crippen molar-refractivity contribution >= 4 is 39.1 Å². The quantitative estimate of drug-likeness (QED) is 0.247. The van der Waals surface area contributed by atoms with Crippen molar-refractivity contribution in [3.8, 4) is 0 Å². The summed E-state index contributed by atoms with van der Waals surface area (Å²) < 4.78 is 42.4. The molecule has 190 valence electrons. The van der Waals surface area contributed by atoms with Crippen LogP contribution in [-0.2, 0) is 20.6 Å². The number of benzene rings is 4. The van der Waals surface area contributed by atoms with Crippen LogP contribution in [-0.4, -0.2) is 20.9 Å². The van der Waals surface area contributed by atoms with E-state index in [1.54, 1.807) is 30.0 Å². The standard InChI is InChI=1S/C29H27FN2O3S2/c1-21-12-15-25(16-13-21)37(34,35)32(28-11-7-6-10-26(28)30)19-29(33)31-27-17-14-23(18-22(27)2)20-36-24-8-4-3-5-9-24/h3-18H,19-20H2,1-2H3,(H,31,33). The Bertz CT molecular complexity index is 1490. The molecule has 0 aliphatic heterocycles. The second-order valence-corrected chi connectivity index (χ2v) is 11.5. The number of nitrogens with one attached hydrogen (secondary N) is 1. The van der Waals surface area contributed by atoms with Gasteiger partial charge in [0.1, 0.15) is 12.4 Å². The molecule has 0 spiro atoms. The van der Waals surface area contributed by atoms with Crippen molar-refractivity contribution < 1.29 is 17.6 Å². The third-order valence-electron chi connectivity index (χ3n) is 5.73. The van der Waals surface area contributed by atoms with Gasteiger partial charge < -0.3 is 5.32 Å². The van der Waals surface area contributed by atoms with Crippen LogP contribution in [0.3, 0.4) is 0 Å². The Labute approximate surface area is 221 Å². The van der Waals surface area contributed by atoms with Gasteiger partial charge >= 0.3 is 0 Å². The van der Waals surface area contributed by atoms with E-state index in [0.717, 1.165) is 26.7 Å². The Morgan fingerprint density at radius 1 is 0.892 bits per heavy atom. The zero-order chi connectivity index (χ0) is 26.4. The molecule has 0 aliphatic carbocycles. The van der Waals surface area contributed by atoms with Crippen LogP contribution in [0.1, 0.15) is 16.7 Å². The molecule has 4 aromatic carbocycles. The van der Waals surface area contributed by atoms with Gasteiger partial charge in [-0.1, -0.05) is 60.2 Å². The molecule has 4 rings (SSSR count). The van der Waals surface area contributed by atoms with Crippen LogP contribution < -0.4 is 9.62 Å². The van der Waals surface area contributed by atoms with Crippen LogP contribution in [0.4, 0.5) is 15.8 Å². The fourth-order valence-electron chi connectivity index (χ4n) is 3.75. The number of nitrogens with zero attached hydrogens (tertiary/aromatic N) is 1. The first kappa shape index (κ1) is 26.4. The average Bonchev–Trinajstić information content (AvgIpc) is 2.89. The predicted molar refractivity (Wildman–Crippen MR) is 148 cm³/mol. The molecular formula is C29H27FN2O3S2. The zero-order valence-electron chi connectivity index (χ0n) is 20.5. The van der Waals surface area contributed by atoms with E-state index < -0.39 is 28.3 Å². The van der Waals surface area contributed by atoms with Gasteiger partial charge in [-0.15, -0.1) is 11.8 Å². The number of halogens is 1. The Morgan fingerprint density at radius 2 is 1.57 bits per heavy atom. The highest BCUT2D eigenvalue weighted by atomic mass is 32.2. The summed E-state index contributed by atoms with van der Waals surface area (Å²) in [5.41, 5.74) is 3.20. The molecule has 0 aromatic heterocycles. The number of anilines is 2. The molecule has 5 nitrogen and oxygen atoms in total. The molecular weight excluding hydrogens is 507 g/mol. The summed E-state index contributed by atoms with van der Waals surface area (Å²) >= 11 is 1.71.